The largest absolute Gasteiger partial charge is 0.451 e. The number of nitro benzene ring substituents is 1. The lowest BCUT2D eigenvalue weighted by atomic mass is 10.1. The summed E-state index contributed by atoms with van der Waals surface area (Å²) in [7, 11) is 0. The van der Waals surface area contributed by atoms with Crippen LogP contribution in [0.1, 0.15) is 20.9 Å². The Bertz CT molecular complexity index is 1190. The molecule has 0 saturated heterocycles. The molecular weight excluding hydrogens is 470 g/mol. The van der Waals surface area contributed by atoms with Crippen LogP contribution < -0.4 is 9.47 Å². The van der Waals surface area contributed by atoms with E-state index in [4.69, 9.17) is 9.15 Å². The molecule has 0 spiro atoms. The summed E-state index contributed by atoms with van der Waals surface area (Å²) < 4.78 is 68.4. The first-order valence-electron chi connectivity index (χ1n) is 9.22. The Labute approximate surface area is 187 Å². The van der Waals surface area contributed by atoms with Gasteiger partial charge in [0, 0.05) is 23.8 Å². The number of non-ortho nitro benzene ring substituents is 1. The summed E-state index contributed by atoms with van der Waals surface area (Å²) in [6.45, 7) is -7.50. The first-order chi connectivity index (χ1) is 16.1. The van der Waals surface area contributed by atoms with Gasteiger partial charge in [-0.3, -0.25) is 14.9 Å². The number of Topliss-reactive ketones (excluding diaryl/α,β-unsaturated/α-hetero) is 1. The second-order valence-electron chi connectivity index (χ2n) is 6.38. The average molecular weight is 483 g/mol. The molecule has 1 heterocycles. The number of ether oxygens (including phenoxy) is 3. The summed E-state index contributed by atoms with van der Waals surface area (Å²) in [5.74, 6) is -3.40. The normalized spacial score (nSPS) is 10.9. The predicted octanol–water partition coefficient (Wildman–Crippen LogP) is 5.10. The standard InChI is InChI=1S/C21H13F4NO8/c22-20(23)32-13-5-6-14(18(9-13)34-21(24)25)15(27)10-31-19(28)17-8-7-16(33-17)11-1-3-12(4-2-11)26(29)30/h1-9,20-21H,10H2. The van der Waals surface area contributed by atoms with Crippen molar-refractivity contribution in [3.63, 3.8) is 0 Å². The van der Waals surface area contributed by atoms with Crippen LogP contribution in [0.15, 0.2) is 59.0 Å². The van der Waals surface area contributed by atoms with Crippen molar-refractivity contribution in [2.45, 2.75) is 13.2 Å². The highest BCUT2D eigenvalue weighted by Crippen LogP contribution is 2.28. The topological polar surface area (TPSA) is 118 Å². The van der Waals surface area contributed by atoms with E-state index in [0.29, 0.717) is 11.6 Å². The van der Waals surface area contributed by atoms with E-state index in [1.54, 1.807) is 0 Å². The van der Waals surface area contributed by atoms with Gasteiger partial charge in [-0.05, 0) is 36.4 Å². The van der Waals surface area contributed by atoms with Gasteiger partial charge in [0.25, 0.3) is 5.69 Å². The van der Waals surface area contributed by atoms with Crippen molar-refractivity contribution in [1.29, 1.82) is 0 Å². The molecule has 0 atom stereocenters. The second-order valence-corrected chi connectivity index (χ2v) is 6.38. The van der Waals surface area contributed by atoms with Crippen molar-refractivity contribution in [3.8, 4) is 22.8 Å². The van der Waals surface area contributed by atoms with E-state index < -0.39 is 53.6 Å². The van der Waals surface area contributed by atoms with Crippen LogP contribution in [0.2, 0.25) is 0 Å². The number of nitrogens with zero attached hydrogens (tertiary/aromatic N) is 1. The minimum atomic E-state index is -3.36. The molecule has 0 bridgehead atoms. The van der Waals surface area contributed by atoms with E-state index in [0.717, 1.165) is 12.1 Å². The Morgan fingerprint density at radius 1 is 0.941 bits per heavy atom. The van der Waals surface area contributed by atoms with Gasteiger partial charge in [0.15, 0.2) is 6.61 Å². The number of furan rings is 1. The molecule has 34 heavy (non-hydrogen) atoms. The fraction of sp³-hybridized carbons (Fsp3) is 0.143. The molecule has 2 aromatic carbocycles. The molecule has 0 unspecified atom stereocenters. The molecule has 0 aliphatic carbocycles. The molecule has 3 rings (SSSR count). The lowest BCUT2D eigenvalue weighted by Crippen LogP contribution is -2.16. The molecule has 0 aliphatic heterocycles. The van der Waals surface area contributed by atoms with Crippen LogP contribution in [0.25, 0.3) is 11.3 Å². The monoisotopic (exact) mass is 483 g/mol. The molecular formula is C21H13F4NO8. The van der Waals surface area contributed by atoms with E-state index >= 15 is 0 Å². The average Bonchev–Trinajstić information content (AvgIpc) is 3.27. The highest BCUT2D eigenvalue weighted by Gasteiger charge is 2.21. The molecule has 1 aromatic heterocycles. The maximum absolute atomic E-state index is 12.6. The third-order valence-electron chi connectivity index (χ3n) is 4.20. The van der Waals surface area contributed by atoms with Gasteiger partial charge in [0.05, 0.1) is 10.5 Å². The summed E-state index contributed by atoms with van der Waals surface area (Å²) in [4.78, 5) is 34.7. The van der Waals surface area contributed by atoms with E-state index in [2.05, 4.69) is 9.47 Å². The predicted molar refractivity (Wildman–Crippen MR) is 105 cm³/mol. The van der Waals surface area contributed by atoms with Crippen LogP contribution in [0.4, 0.5) is 23.2 Å². The summed E-state index contributed by atoms with van der Waals surface area (Å²) >= 11 is 0. The first-order valence-corrected chi connectivity index (χ1v) is 9.22. The number of hydrogen-bond acceptors (Lipinski definition) is 8. The second kappa shape index (κ2) is 10.5. The van der Waals surface area contributed by atoms with Crippen molar-refractivity contribution in [2.75, 3.05) is 6.61 Å². The summed E-state index contributed by atoms with van der Waals surface area (Å²) in [5, 5.41) is 10.7. The van der Waals surface area contributed by atoms with Crippen LogP contribution in [-0.4, -0.2) is 36.5 Å². The van der Waals surface area contributed by atoms with Crippen molar-refractivity contribution >= 4 is 17.4 Å². The van der Waals surface area contributed by atoms with Gasteiger partial charge in [-0.1, -0.05) is 0 Å². The Morgan fingerprint density at radius 2 is 1.62 bits per heavy atom. The number of ketones is 1. The summed E-state index contributed by atoms with van der Waals surface area (Å²) in [5.41, 5.74) is -0.168. The maximum atomic E-state index is 12.6. The van der Waals surface area contributed by atoms with Crippen molar-refractivity contribution in [3.05, 3.63) is 76.0 Å². The van der Waals surface area contributed by atoms with Gasteiger partial charge in [-0.25, -0.2) is 4.79 Å². The molecule has 3 aromatic rings. The maximum Gasteiger partial charge on any atom is 0.387 e. The number of esters is 1. The zero-order valence-electron chi connectivity index (χ0n) is 16.8. The van der Waals surface area contributed by atoms with Crippen LogP contribution in [0.5, 0.6) is 11.5 Å². The number of nitro groups is 1. The highest BCUT2D eigenvalue weighted by atomic mass is 19.3. The smallest absolute Gasteiger partial charge is 0.387 e. The third-order valence-corrected chi connectivity index (χ3v) is 4.20. The van der Waals surface area contributed by atoms with Crippen molar-refractivity contribution in [2.24, 2.45) is 0 Å². The molecule has 0 N–H and O–H groups in total. The van der Waals surface area contributed by atoms with Crippen LogP contribution in [-0.2, 0) is 4.74 Å². The number of halogens is 4. The zero-order valence-corrected chi connectivity index (χ0v) is 16.8. The molecule has 0 aliphatic rings. The minimum absolute atomic E-state index is 0.141. The zero-order chi connectivity index (χ0) is 24.8. The van der Waals surface area contributed by atoms with E-state index in [1.165, 1.54) is 36.4 Å². The molecule has 0 amide bonds. The molecule has 0 fully saturated rings. The SMILES string of the molecule is O=C(OCC(=O)c1ccc(OC(F)F)cc1OC(F)F)c1ccc(-c2ccc([N+](=O)[O-])cc2)o1. The third kappa shape index (κ3) is 6.09. The fourth-order valence-electron chi connectivity index (χ4n) is 2.73. The Morgan fingerprint density at radius 3 is 2.24 bits per heavy atom. The van der Waals surface area contributed by atoms with E-state index in [-0.39, 0.29) is 17.2 Å². The van der Waals surface area contributed by atoms with E-state index in [9.17, 15) is 37.3 Å². The fourth-order valence-corrected chi connectivity index (χ4v) is 2.73. The molecule has 178 valence electrons. The highest BCUT2D eigenvalue weighted by molar-refractivity contribution is 6.01. The van der Waals surface area contributed by atoms with Gasteiger partial charge < -0.3 is 18.6 Å². The number of hydrogen-bond donors (Lipinski definition) is 0. The molecule has 0 saturated carbocycles. The number of alkyl halides is 4. The number of carbonyl (C=O) groups excluding carboxylic acids is 2. The Balaban J connectivity index is 1.68. The Hall–Kier alpha value is -4.42. The minimum Gasteiger partial charge on any atom is -0.451 e. The molecule has 13 heteroatoms. The summed E-state index contributed by atoms with van der Waals surface area (Å²) in [6, 6.07) is 10.4. The first kappa shape index (κ1) is 24.2. The number of carbonyl (C=O) groups is 2. The number of rotatable bonds is 10. The van der Waals surface area contributed by atoms with Crippen molar-refractivity contribution in [1.82, 2.24) is 0 Å². The van der Waals surface area contributed by atoms with Crippen LogP contribution in [0.3, 0.4) is 0 Å². The quantitative estimate of drug-likeness (QED) is 0.129. The van der Waals surface area contributed by atoms with Crippen LogP contribution >= 0.6 is 0 Å². The molecule has 0 radical (unpaired) electrons. The lowest BCUT2D eigenvalue weighted by Gasteiger charge is -2.12. The van der Waals surface area contributed by atoms with Gasteiger partial charge in [-0.2, -0.15) is 17.6 Å². The van der Waals surface area contributed by atoms with Gasteiger partial charge >= 0.3 is 19.2 Å². The van der Waals surface area contributed by atoms with Crippen LogP contribution in [0, 0.1) is 10.1 Å². The van der Waals surface area contributed by atoms with Crippen molar-refractivity contribution < 1.29 is 50.7 Å². The number of benzene rings is 2. The Kier molecular flexibility index (Phi) is 7.46. The lowest BCUT2D eigenvalue weighted by molar-refractivity contribution is -0.384. The van der Waals surface area contributed by atoms with Gasteiger partial charge in [0.1, 0.15) is 17.3 Å². The van der Waals surface area contributed by atoms with E-state index in [1.807, 2.05) is 0 Å². The van der Waals surface area contributed by atoms with Gasteiger partial charge in [-0.15, -0.1) is 0 Å². The van der Waals surface area contributed by atoms with Gasteiger partial charge in [0.2, 0.25) is 11.5 Å². The summed E-state index contributed by atoms with van der Waals surface area (Å²) in [6.07, 6.45) is 0. The molecule has 9 nitrogen and oxygen atoms in total.